The van der Waals surface area contributed by atoms with Crippen LogP contribution in [0.2, 0.25) is 0 Å². The van der Waals surface area contributed by atoms with E-state index in [1.54, 1.807) is 19.1 Å². The van der Waals surface area contributed by atoms with E-state index >= 15 is 0 Å². The molecular formula is C24H27F3N2O4S. The quantitative estimate of drug-likeness (QED) is 0.520. The smallest absolute Gasteiger partial charge is 0.416 e. The van der Waals surface area contributed by atoms with Gasteiger partial charge >= 0.3 is 12.1 Å². The molecule has 0 amide bonds. The molecular weight excluding hydrogens is 469 g/mol. The van der Waals surface area contributed by atoms with Crippen molar-refractivity contribution in [3.8, 4) is 0 Å². The molecule has 1 aliphatic carbocycles. The van der Waals surface area contributed by atoms with Crippen molar-refractivity contribution < 1.29 is 31.1 Å². The lowest BCUT2D eigenvalue weighted by molar-refractivity contribution is -0.137. The van der Waals surface area contributed by atoms with E-state index in [-0.39, 0.29) is 22.9 Å². The highest BCUT2D eigenvalue weighted by Gasteiger charge is 2.44. The van der Waals surface area contributed by atoms with Crippen LogP contribution < -0.4 is 4.90 Å². The average Bonchev–Trinajstić information content (AvgIpc) is 3.64. The molecule has 2 aromatic rings. The summed E-state index contributed by atoms with van der Waals surface area (Å²) in [4.78, 5) is 13.7. The second kappa shape index (κ2) is 9.58. The number of hydrogen-bond acceptors (Lipinski definition) is 5. The van der Waals surface area contributed by atoms with Gasteiger partial charge in [0, 0.05) is 30.9 Å². The van der Waals surface area contributed by atoms with E-state index in [9.17, 15) is 26.4 Å². The van der Waals surface area contributed by atoms with Gasteiger partial charge in [-0.2, -0.15) is 17.5 Å². The molecule has 1 aliphatic heterocycles. The fraction of sp³-hybridized carbons (Fsp3) is 0.458. The fourth-order valence-corrected chi connectivity index (χ4v) is 6.35. The lowest BCUT2D eigenvalue weighted by Gasteiger charge is -2.39. The zero-order valence-electron chi connectivity index (χ0n) is 18.8. The van der Waals surface area contributed by atoms with Gasteiger partial charge in [-0.05, 0) is 75.1 Å². The van der Waals surface area contributed by atoms with Gasteiger partial charge in [-0.3, -0.25) is 0 Å². The van der Waals surface area contributed by atoms with Crippen LogP contribution in [0.4, 0.5) is 18.9 Å². The number of sulfonamides is 1. The predicted molar refractivity (Wildman–Crippen MR) is 121 cm³/mol. The third-order valence-corrected chi connectivity index (χ3v) is 8.21. The standard InChI is InChI=1S/C24H27F3N2O4S/c1-2-33-23(30)17-6-8-19(9-7-17)28-14-12-21(13-15-28)29(20-10-11-20)34(31,32)22-5-3-4-18(16-22)24(25,26)27/h3-9,16,20-21H,2,10-15H2,1H3. The number of piperidine rings is 1. The molecule has 2 aliphatic rings. The number of carbonyl (C=O) groups excluding carboxylic acids is 1. The minimum atomic E-state index is -4.61. The molecule has 0 spiro atoms. The van der Waals surface area contributed by atoms with Gasteiger partial charge in [0.15, 0.2) is 0 Å². The maximum absolute atomic E-state index is 13.4. The van der Waals surface area contributed by atoms with E-state index in [0.717, 1.165) is 23.9 Å². The monoisotopic (exact) mass is 496 g/mol. The van der Waals surface area contributed by atoms with E-state index in [2.05, 4.69) is 4.90 Å². The van der Waals surface area contributed by atoms with Crippen molar-refractivity contribution in [3.63, 3.8) is 0 Å². The molecule has 4 rings (SSSR count). The number of anilines is 1. The normalized spacial score (nSPS) is 17.7. The maximum atomic E-state index is 13.4. The summed E-state index contributed by atoms with van der Waals surface area (Å²) >= 11 is 0. The van der Waals surface area contributed by atoms with Gasteiger partial charge in [0.05, 0.1) is 22.6 Å². The van der Waals surface area contributed by atoms with Crippen molar-refractivity contribution in [2.75, 3.05) is 24.6 Å². The van der Waals surface area contributed by atoms with Crippen LogP contribution in [0.3, 0.4) is 0 Å². The van der Waals surface area contributed by atoms with Crippen LogP contribution in [-0.4, -0.2) is 50.5 Å². The minimum Gasteiger partial charge on any atom is -0.462 e. The SMILES string of the molecule is CCOC(=O)c1ccc(N2CCC(N(C3CC3)S(=O)(=O)c3cccc(C(F)(F)F)c3)CC2)cc1. The Balaban J connectivity index is 1.48. The molecule has 0 bridgehead atoms. The lowest BCUT2D eigenvalue weighted by Crippen LogP contribution is -2.48. The Morgan fingerprint density at radius 1 is 1.03 bits per heavy atom. The lowest BCUT2D eigenvalue weighted by atomic mass is 10.0. The van der Waals surface area contributed by atoms with Crippen LogP contribution in [0, 0.1) is 0 Å². The number of nitrogens with zero attached hydrogens (tertiary/aromatic N) is 2. The summed E-state index contributed by atoms with van der Waals surface area (Å²) in [6.07, 6.45) is -2.05. The first-order valence-corrected chi connectivity index (χ1v) is 12.8. The minimum absolute atomic E-state index is 0.167. The fourth-order valence-electron chi connectivity index (χ4n) is 4.38. The van der Waals surface area contributed by atoms with Crippen molar-refractivity contribution in [1.29, 1.82) is 0 Å². The number of carbonyl (C=O) groups is 1. The van der Waals surface area contributed by atoms with Gasteiger partial charge in [0.25, 0.3) is 0 Å². The first-order valence-electron chi connectivity index (χ1n) is 11.3. The molecule has 0 aromatic heterocycles. The van der Waals surface area contributed by atoms with Gasteiger partial charge < -0.3 is 9.64 Å². The molecule has 1 saturated carbocycles. The topological polar surface area (TPSA) is 66.9 Å². The van der Waals surface area contributed by atoms with E-state index < -0.39 is 21.8 Å². The van der Waals surface area contributed by atoms with Gasteiger partial charge in [-0.1, -0.05) is 6.07 Å². The third kappa shape index (κ3) is 5.22. The number of hydrogen-bond donors (Lipinski definition) is 0. The summed E-state index contributed by atoms with van der Waals surface area (Å²) in [6, 6.07) is 10.6. The van der Waals surface area contributed by atoms with Crippen molar-refractivity contribution in [2.45, 2.75) is 55.8 Å². The van der Waals surface area contributed by atoms with E-state index in [0.29, 0.717) is 50.9 Å². The van der Waals surface area contributed by atoms with E-state index in [1.807, 2.05) is 12.1 Å². The molecule has 1 heterocycles. The van der Waals surface area contributed by atoms with Crippen molar-refractivity contribution in [2.24, 2.45) is 0 Å². The molecule has 10 heteroatoms. The summed E-state index contributed by atoms with van der Waals surface area (Å²) in [5, 5.41) is 0. The number of esters is 1. The Morgan fingerprint density at radius 2 is 1.65 bits per heavy atom. The first kappa shape index (κ1) is 24.5. The highest BCUT2D eigenvalue weighted by Crippen LogP contribution is 2.38. The van der Waals surface area contributed by atoms with Crippen LogP contribution in [0.1, 0.15) is 48.5 Å². The van der Waals surface area contributed by atoms with Crippen LogP contribution >= 0.6 is 0 Å². The molecule has 0 atom stereocenters. The zero-order valence-corrected chi connectivity index (χ0v) is 19.6. The largest absolute Gasteiger partial charge is 0.462 e. The molecule has 2 fully saturated rings. The number of ether oxygens (including phenoxy) is 1. The van der Waals surface area contributed by atoms with Crippen molar-refractivity contribution in [1.82, 2.24) is 4.31 Å². The van der Waals surface area contributed by atoms with Crippen LogP contribution in [0.25, 0.3) is 0 Å². The van der Waals surface area contributed by atoms with Gasteiger partial charge in [0.2, 0.25) is 10.0 Å². The molecule has 0 radical (unpaired) electrons. The molecule has 0 N–H and O–H groups in total. The summed E-state index contributed by atoms with van der Waals surface area (Å²) in [6.45, 7) is 3.25. The van der Waals surface area contributed by atoms with Gasteiger partial charge in [0.1, 0.15) is 0 Å². The second-order valence-electron chi connectivity index (χ2n) is 8.58. The second-order valence-corrected chi connectivity index (χ2v) is 10.4. The van der Waals surface area contributed by atoms with E-state index in [1.165, 1.54) is 10.4 Å². The summed E-state index contributed by atoms with van der Waals surface area (Å²) in [5.74, 6) is -0.382. The summed E-state index contributed by atoms with van der Waals surface area (Å²) in [7, 11) is -4.06. The predicted octanol–water partition coefficient (Wildman–Crippen LogP) is 4.70. The molecule has 2 aromatic carbocycles. The first-order chi connectivity index (χ1) is 16.1. The van der Waals surface area contributed by atoms with Crippen molar-refractivity contribution >= 4 is 21.7 Å². The van der Waals surface area contributed by atoms with Gasteiger partial charge in [-0.15, -0.1) is 0 Å². The third-order valence-electron chi connectivity index (χ3n) is 6.21. The maximum Gasteiger partial charge on any atom is 0.416 e. The molecule has 1 saturated heterocycles. The van der Waals surface area contributed by atoms with Crippen LogP contribution in [0.5, 0.6) is 0 Å². The van der Waals surface area contributed by atoms with Crippen molar-refractivity contribution in [3.05, 3.63) is 59.7 Å². The number of benzene rings is 2. The highest BCUT2D eigenvalue weighted by molar-refractivity contribution is 7.89. The Hall–Kier alpha value is -2.59. The Labute approximate surface area is 197 Å². The van der Waals surface area contributed by atoms with E-state index in [4.69, 9.17) is 4.74 Å². The molecule has 34 heavy (non-hydrogen) atoms. The molecule has 184 valence electrons. The van der Waals surface area contributed by atoms with Crippen LogP contribution in [-0.2, 0) is 20.9 Å². The number of alkyl halides is 3. The Bertz CT molecular complexity index is 1120. The average molecular weight is 497 g/mol. The Morgan fingerprint density at radius 3 is 2.21 bits per heavy atom. The van der Waals surface area contributed by atoms with Crippen LogP contribution in [0.15, 0.2) is 53.4 Å². The number of rotatable bonds is 7. The molecule has 6 nitrogen and oxygen atoms in total. The summed E-state index contributed by atoms with van der Waals surface area (Å²) < 4.78 is 72.7. The Kier molecular flexibility index (Phi) is 6.91. The highest BCUT2D eigenvalue weighted by atomic mass is 32.2. The van der Waals surface area contributed by atoms with Gasteiger partial charge in [-0.25, -0.2) is 13.2 Å². The zero-order chi connectivity index (χ0) is 24.5. The number of halogens is 3. The summed E-state index contributed by atoms with van der Waals surface area (Å²) in [5.41, 5.74) is 0.420. The molecule has 0 unspecified atom stereocenters.